The molecular formula is C23H25BrN4O2. The predicted octanol–water partition coefficient (Wildman–Crippen LogP) is 3.72. The smallest absolute Gasteiger partial charge is 0.253 e. The van der Waals surface area contributed by atoms with Crippen molar-refractivity contribution in [3.63, 3.8) is 0 Å². The Hall–Kier alpha value is -2.64. The van der Waals surface area contributed by atoms with Crippen LogP contribution >= 0.6 is 15.9 Å². The third-order valence-electron chi connectivity index (χ3n) is 5.20. The Kier molecular flexibility index (Phi) is 6.50. The van der Waals surface area contributed by atoms with Gasteiger partial charge in [-0.05, 0) is 35.9 Å². The highest BCUT2D eigenvalue weighted by molar-refractivity contribution is 9.10. The van der Waals surface area contributed by atoms with E-state index in [1.54, 1.807) is 0 Å². The molecule has 6 nitrogen and oxygen atoms in total. The molecule has 0 N–H and O–H groups in total. The van der Waals surface area contributed by atoms with Gasteiger partial charge in [0.05, 0.1) is 6.20 Å². The molecule has 2 aromatic carbocycles. The number of carbonyl (C=O) groups excluding carboxylic acids is 1. The normalized spacial score (nSPS) is 14.7. The van der Waals surface area contributed by atoms with Crippen molar-refractivity contribution >= 4 is 21.8 Å². The van der Waals surface area contributed by atoms with Crippen molar-refractivity contribution in [2.24, 2.45) is 7.05 Å². The van der Waals surface area contributed by atoms with Gasteiger partial charge in [0.15, 0.2) is 0 Å². The van der Waals surface area contributed by atoms with E-state index in [-0.39, 0.29) is 5.91 Å². The third-order valence-corrected chi connectivity index (χ3v) is 5.69. The van der Waals surface area contributed by atoms with E-state index in [0.717, 1.165) is 48.5 Å². The summed E-state index contributed by atoms with van der Waals surface area (Å²) in [6, 6.07) is 15.5. The van der Waals surface area contributed by atoms with E-state index in [0.29, 0.717) is 12.2 Å². The van der Waals surface area contributed by atoms with Crippen LogP contribution in [0.2, 0.25) is 0 Å². The number of aryl methyl sites for hydroxylation is 1. The van der Waals surface area contributed by atoms with Gasteiger partial charge in [-0.2, -0.15) is 5.10 Å². The van der Waals surface area contributed by atoms with Crippen molar-refractivity contribution < 1.29 is 9.53 Å². The fraction of sp³-hybridized carbons (Fsp3) is 0.304. The van der Waals surface area contributed by atoms with E-state index in [9.17, 15) is 4.79 Å². The van der Waals surface area contributed by atoms with Crippen LogP contribution in [0.3, 0.4) is 0 Å². The van der Waals surface area contributed by atoms with Crippen LogP contribution in [0.15, 0.2) is 65.4 Å². The number of piperazine rings is 1. The lowest BCUT2D eigenvalue weighted by atomic mass is 10.1. The van der Waals surface area contributed by atoms with Crippen LogP contribution < -0.4 is 4.74 Å². The molecule has 1 amide bonds. The highest BCUT2D eigenvalue weighted by atomic mass is 79.9. The van der Waals surface area contributed by atoms with Gasteiger partial charge in [-0.25, -0.2) is 0 Å². The molecule has 3 aromatic rings. The van der Waals surface area contributed by atoms with Crippen LogP contribution in [0.5, 0.6) is 5.75 Å². The molecule has 2 heterocycles. The third kappa shape index (κ3) is 5.29. The topological polar surface area (TPSA) is 50.6 Å². The number of halogens is 1. The lowest BCUT2D eigenvalue weighted by molar-refractivity contribution is 0.0628. The number of ether oxygens (including phenoxy) is 1. The Labute approximate surface area is 185 Å². The molecule has 1 saturated heterocycles. The number of hydrogen-bond acceptors (Lipinski definition) is 4. The van der Waals surface area contributed by atoms with E-state index in [1.165, 1.54) is 5.56 Å². The minimum atomic E-state index is 0.0836. The summed E-state index contributed by atoms with van der Waals surface area (Å²) < 4.78 is 8.66. The van der Waals surface area contributed by atoms with Crippen LogP contribution in [0.4, 0.5) is 0 Å². The molecule has 1 aliphatic heterocycles. The van der Waals surface area contributed by atoms with Crippen molar-refractivity contribution in [3.8, 4) is 5.75 Å². The van der Waals surface area contributed by atoms with Gasteiger partial charge in [0.25, 0.3) is 5.91 Å². The molecule has 0 radical (unpaired) electrons. The maximum absolute atomic E-state index is 13.0. The molecule has 4 rings (SSSR count). The molecule has 0 saturated carbocycles. The maximum Gasteiger partial charge on any atom is 0.253 e. The van der Waals surface area contributed by atoms with E-state index in [4.69, 9.17) is 4.74 Å². The van der Waals surface area contributed by atoms with Crippen LogP contribution in [0.25, 0.3) is 0 Å². The van der Waals surface area contributed by atoms with Crippen LogP contribution in [0.1, 0.15) is 21.5 Å². The van der Waals surface area contributed by atoms with Crippen LogP contribution in [0, 0.1) is 0 Å². The molecule has 156 valence electrons. The van der Waals surface area contributed by atoms with Crippen LogP contribution in [-0.4, -0.2) is 51.7 Å². The Morgan fingerprint density at radius 1 is 1.07 bits per heavy atom. The van der Waals surface area contributed by atoms with Crippen LogP contribution in [-0.2, 0) is 20.2 Å². The lowest BCUT2D eigenvalue weighted by Crippen LogP contribution is -2.48. The SMILES string of the molecule is Cn1cc(CN2CCN(C(=O)c3cccc(COc4cccc(Br)c4)c3)CC2)cn1. The standard InChI is InChI=1S/C23H25BrN4O2/c1-26-15-19(14-25-26)16-27-8-10-28(11-9-27)23(29)20-5-2-4-18(12-20)17-30-22-7-3-6-21(24)13-22/h2-7,12-15H,8-11,16-17H2,1H3. The Morgan fingerprint density at radius 3 is 2.60 bits per heavy atom. The Bertz CT molecular complexity index is 1010. The fourth-order valence-electron chi connectivity index (χ4n) is 3.62. The Balaban J connectivity index is 1.32. The average Bonchev–Trinajstić information content (AvgIpc) is 3.17. The molecule has 0 aliphatic carbocycles. The highest BCUT2D eigenvalue weighted by Crippen LogP contribution is 2.19. The molecule has 0 bridgehead atoms. The highest BCUT2D eigenvalue weighted by Gasteiger charge is 2.22. The zero-order valence-electron chi connectivity index (χ0n) is 17.0. The lowest BCUT2D eigenvalue weighted by Gasteiger charge is -2.34. The molecule has 1 aromatic heterocycles. The van der Waals surface area contributed by atoms with Gasteiger partial charge < -0.3 is 9.64 Å². The summed E-state index contributed by atoms with van der Waals surface area (Å²) in [6.07, 6.45) is 3.94. The average molecular weight is 469 g/mol. The summed E-state index contributed by atoms with van der Waals surface area (Å²) >= 11 is 3.45. The van der Waals surface area contributed by atoms with Gasteiger partial charge in [0, 0.05) is 61.6 Å². The Morgan fingerprint density at radius 2 is 1.87 bits per heavy atom. The molecular weight excluding hydrogens is 444 g/mol. The van der Waals surface area contributed by atoms with E-state index in [1.807, 2.05) is 77.6 Å². The summed E-state index contributed by atoms with van der Waals surface area (Å²) in [5, 5.41) is 4.22. The largest absolute Gasteiger partial charge is 0.489 e. The fourth-order valence-corrected chi connectivity index (χ4v) is 4.00. The van der Waals surface area contributed by atoms with Crippen molar-refractivity contribution in [2.75, 3.05) is 26.2 Å². The number of benzene rings is 2. The second-order valence-corrected chi connectivity index (χ2v) is 8.45. The summed E-state index contributed by atoms with van der Waals surface area (Å²) in [4.78, 5) is 17.3. The van der Waals surface area contributed by atoms with Crippen molar-refractivity contribution in [2.45, 2.75) is 13.2 Å². The van der Waals surface area contributed by atoms with Gasteiger partial charge >= 0.3 is 0 Å². The van der Waals surface area contributed by atoms with Crippen molar-refractivity contribution in [3.05, 3.63) is 82.1 Å². The monoisotopic (exact) mass is 468 g/mol. The quantitative estimate of drug-likeness (QED) is 0.553. The minimum Gasteiger partial charge on any atom is -0.489 e. The minimum absolute atomic E-state index is 0.0836. The zero-order chi connectivity index (χ0) is 20.9. The summed E-state index contributed by atoms with van der Waals surface area (Å²) in [5.74, 6) is 0.881. The first-order valence-corrected chi connectivity index (χ1v) is 10.8. The second kappa shape index (κ2) is 9.45. The summed E-state index contributed by atoms with van der Waals surface area (Å²) in [5.41, 5.74) is 2.90. The molecule has 7 heteroatoms. The number of carbonyl (C=O) groups is 1. The number of hydrogen-bond donors (Lipinski definition) is 0. The van der Waals surface area contributed by atoms with E-state index < -0.39 is 0 Å². The zero-order valence-corrected chi connectivity index (χ0v) is 18.6. The van der Waals surface area contributed by atoms with Gasteiger partial charge in [-0.15, -0.1) is 0 Å². The molecule has 0 spiro atoms. The number of amides is 1. The van der Waals surface area contributed by atoms with Gasteiger partial charge in [-0.1, -0.05) is 34.1 Å². The molecule has 0 unspecified atom stereocenters. The number of rotatable bonds is 6. The predicted molar refractivity (Wildman–Crippen MR) is 119 cm³/mol. The van der Waals surface area contributed by atoms with E-state index in [2.05, 4.69) is 25.9 Å². The molecule has 0 atom stereocenters. The van der Waals surface area contributed by atoms with Gasteiger partial charge in [-0.3, -0.25) is 14.4 Å². The van der Waals surface area contributed by atoms with Gasteiger partial charge in [0.2, 0.25) is 0 Å². The maximum atomic E-state index is 13.0. The first-order valence-electron chi connectivity index (χ1n) is 10.0. The molecule has 1 fully saturated rings. The second-order valence-electron chi connectivity index (χ2n) is 7.54. The van der Waals surface area contributed by atoms with Gasteiger partial charge in [0.1, 0.15) is 12.4 Å². The number of aromatic nitrogens is 2. The first-order chi connectivity index (χ1) is 14.6. The number of nitrogens with zero attached hydrogens (tertiary/aromatic N) is 4. The van der Waals surface area contributed by atoms with Crippen molar-refractivity contribution in [1.29, 1.82) is 0 Å². The van der Waals surface area contributed by atoms with E-state index >= 15 is 0 Å². The molecule has 1 aliphatic rings. The molecule has 30 heavy (non-hydrogen) atoms. The summed E-state index contributed by atoms with van der Waals surface area (Å²) in [6.45, 7) is 4.50. The summed E-state index contributed by atoms with van der Waals surface area (Å²) in [7, 11) is 1.93. The van der Waals surface area contributed by atoms with Crippen molar-refractivity contribution in [1.82, 2.24) is 19.6 Å². The first kappa shape index (κ1) is 20.6.